The highest BCUT2D eigenvalue weighted by atomic mass is 32.2. The summed E-state index contributed by atoms with van der Waals surface area (Å²) in [5.41, 5.74) is 0. The average molecular weight is 637 g/mol. The van der Waals surface area contributed by atoms with E-state index in [-0.39, 0.29) is 0 Å². The lowest BCUT2D eigenvalue weighted by Gasteiger charge is -2.15. The summed E-state index contributed by atoms with van der Waals surface area (Å²) in [5, 5.41) is 7.82. The number of hydrogen-bond acceptors (Lipinski definition) is 6. The Morgan fingerprint density at radius 3 is 1.21 bits per heavy atom. The number of fused-ring (bicyclic) bond motifs is 2. The molecule has 2 nitrogen and oxygen atoms in total. The van der Waals surface area contributed by atoms with Crippen molar-refractivity contribution in [3.63, 3.8) is 0 Å². The standard InChI is InChI=1S/C36H44O2S4/c1-7-9-11-13-19-37-27-15-17-29-31(21-27)33(35-39-23(3)24(4)40-35)30-18-16-28(38-20-14-12-10-8-2)22-32(30)34(29)36-41-25(5)26(6)42-36/h15-18,21-22H,7-14,19-20H2,1-6H3. The van der Waals surface area contributed by atoms with Crippen molar-refractivity contribution >= 4 is 77.1 Å². The molecule has 0 amide bonds. The molecule has 3 aromatic rings. The van der Waals surface area contributed by atoms with Crippen LogP contribution in [0.5, 0.6) is 11.5 Å². The monoisotopic (exact) mass is 636 g/mol. The van der Waals surface area contributed by atoms with Crippen molar-refractivity contribution < 1.29 is 9.47 Å². The molecule has 5 rings (SSSR count). The lowest BCUT2D eigenvalue weighted by molar-refractivity contribution is 0.305. The SMILES string of the molecule is CCCCCCOc1ccc2c(=C3SC(C)=C(C)S3)c3cc(OCCCCCC)ccc3c(=C3SC(C)=C(C)S3)c2c1. The van der Waals surface area contributed by atoms with Gasteiger partial charge in [-0.2, -0.15) is 0 Å². The molecule has 224 valence electrons. The van der Waals surface area contributed by atoms with Gasteiger partial charge in [-0.15, -0.1) is 0 Å². The van der Waals surface area contributed by atoms with Gasteiger partial charge in [-0.3, -0.25) is 0 Å². The maximum Gasteiger partial charge on any atom is 0.119 e. The lowest BCUT2D eigenvalue weighted by Crippen LogP contribution is -2.17. The van der Waals surface area contributed by atoms with Crippen molar-refractivity contribution in [2.24, 2.45) is 0 Å². The van der Waals surface area contributed by atoms with E-state index >= 15 is 0 Å². The van der Waals surface area contributed by atoms with E-state index in [1.54, 1.807) is 0 Å². The van der Waals surface area contributed by atoms with Crippen LogP contribution in [0.4, 0.5) is 0 Å². The molecule has 0 aromatic heterocycles. The minimum atomic E-state index is 0.769. The maximum absolute atomic E-state index is 6.34. The fourth-order valence-electron chi connectivity index (χ4n) is 5.33. The van der Waals surface area contributed by atoms with Gasteiger partial charge in [0.25, 0.3) is 0 Å². The van der Waals surface area contributed by atoms with Gasteiger partial charge in [-0.05, 0) is 118 Å². The van der Waals surface area contributed by atoms with Crippen LogP contribution < -0.4 is 19.9 Å². The highest BCUT2D eigenvalue weighted by Crippen LogP contribution is 2.51. The molecule has 42 heavy (non-hydrogen) atoms. The van der Waals surface area contributed by atoms with E-state index in [4.69, 9.17) is 9.47 Å². The van der Waals surface area contributed by atoms with Crippen LogP contribution >= 0.6 is 47.0 Å². The van der Waals surface area contributed by atoms with Gasteiger partial charge in [0, 0.05) is 10.4 Å². The minimum absolute atomic E-state index is 0.769. The van der Waals surface area contributed by atoms with Crippen LogP contribution in [0.15, 0.2) is 56.0 Å². The Labute approximate surface area is 269 Å². The Morgan fingerprint density at radius 1 is 0.476 bits per heavy atom. The predicted molar refractivity (Wildman–Crippen MR) is 194 cm³/mol. The zero-order valence-electron chi connectivity index (χ0n) is 26.0. The summed E-state index contributed by atoms with van der Waals surface area (Å²) in [7, 11) is 0. The first-order valence-electron chi connectivity index (χ1n) is 15.5. The molecule has 3 aromatic carbocycles. The third-order valence-corrected chi connectivity index (χ3v) is 13.2. The molecule has 2 aliphatic heterocycles. The summed E-state index contributed by atoms with van der Waals surface area (Å²) in [4.78, 5) is 5.56. The molecule has 2 aliphatic rings. The summed E-state index contributed by atoms with van der Waals surface area (Å²) >= 11 is 7.66. The van der Waals surface area contributed by atoms with Crippen LogP contribution in [0, 0.1) is 0 Å². The Hall–Kier alpha value is -1.60. The molecule has 0 atom stereocenters. The largest absolute Gasteiger partial charge is 0.494 e. The van der Waals surface area contributed by atoms with Crippen LogP contribution in [-0.2, 0) is 0 Å². The fraction of sp³-hybridized carbons (Fsp3) is 0.444. The number of benzene rings is 3. The van der Waals surface area contributed by atoms with Gasteiger partial charge in [-0.25, -0.2) is 0 Å². The fourth-order valence-corrected chi connectivity index (χ4v) is 10.6. The topological polar surface area (TPSA) is 18.5 Å². The second kappa shape index (κ2) is 14.9. The normalized spacial score (nSPS) is 15.7. The van der Waals surface area contributed by atoms with Gasteiger partial charge >= 0.3 is 0 Å². The molecule has 0 radical (unpaired) electrons. The molecule has 0 spiro atoms. The van der Waals surface area contributed by atoms with E-state index < -0.39 is 0 Å². The van der Waals surface area contributed by atoms with Crippen molar-refractivity contribution in [3.05, 3.63) is 66.5 Å². The molecular formula is C36H44O2S4. The maximum atomic E-state index is 6.34. The molecule has 0 fully saturated rings. The smallest absolute Gasteiger partial charge is 0.119 e. The summed E-state index contributed by atoms with van der Waals surface area (Å²) < 4.78 is 15.4. The zero-order chi connectivity index (χ0) is 29.6. The quantitative estimate of drug-likeness (QED) is 0.144. The first-order valence-corrected chi connectivity index (χ1v) is 18.8. The Kier molecular flexibility index (Phi) is 11.3. The molecule has 0 bridgehead atoms. The van der Waals surface area contributed by atoms with Crippen LogP contribution in [0.1, 0.15) is 92.9 Å². The Balaban J connectivity index is 1.71. The first-order chi connectivity index (χ1) is 20.4. The molecule has 6 heteroatoms. The van der Waals surface area contributed by atoms with Crippen LogP contribution in [0.25, 0.3) is 30.0 Å². The van der Waals surface area contributed by atoms with E-state index in [1.807, 2.05) is 47.0 Å². The number of allylic oxidation sites excluding steroid dienone is 4. The second-order valence-electron chi connectivity index (χ2n) is 11.2. The predicted octanol–water partition coefficient (Wildman–Crippen LogP) is 11.5. The minimum Gasteiger partial charge on any atom is -0.494 e. The van der Waals surface area contributed by atoms with E-state index in [9.17, 15) is 0 Å². The van der Waals surface area contributed by atoms with Gasteiger partial charge in [-0.1, -0.05) is 99.4 Å². The van der Waals surface area contributed by atoms with Gasteiger partial charge in [0.1, 0.15) is 11.5 Å². The zero-order valence-corrected chi connectivity index (χ0v) is 29.3. The number of ether oxygens (including phenoxy) is 2. The number of hydrogen-bond donors (Lipinski definition) is 0. The van der Waals surface area contributed by atoms with E-state index in [0.717, 1.165) is 37.6 Å². The summed E-state index contributed by atoms with van der Waals surface area (Å²) in [6.07, 6.45) is 9.67. The molecule has 0 saturated carbocycles. The molecule has 0 unspecified atom stereocenters. The second-order valence-corrected chi connectivity index (χ2v) is 16.6. The van der Waals surface area contributed by atoms with Crippen molar-refractivity contribution in [1.82, 2.24) is 0 Å². The summed E-state index contributed by atoms with van der Waals surface area (Å²) in [5.74, 6) is 1.93. The van der Waals surface area contributed by atoms with Crippen LogP contribution in [0.2, 0.25) is 0 Å². The number of unbranched alkanes of at least 4 members (excludes halogenated alkanes) is 6. The summed E-state index contributed by atoms with van der Waals surface area (Å²) in [6, 6.07) is 13.6. The van der Waals surface area contributed by atoms with Gasteiger partial charge in [0.15, 0.2) is 0 Å². The highest BCUT2D eigenvalue weighted by Gasteiger charge is 2.22. The average Bonchev–Trinajstić information content (AvgIpc) is 3.49. The Bertz CT molecular complexity index is 1500. The highest BCUT2D eigenvalue weighted by molar-refractivity contribution is 8.36. The third-order valence-electron chi connectivity index (χ3n) is 7.98. The van der Waals surface area contributed by atoms with E-state index in [1.165, 1.54) is 98.6 Å². The first kappa shape index (κ1) is 31.8. The number of thioether (sulfide) groups is 4. The third kappa shape index (κ3) is 7.20. The molecule has 0 N–H and O–H groups in total. The van der Waals surface area contributed by atoms with Crippen molar-refractivity contribution in [3.8, 4) is 11.5 Å². The molecule has 0 aliphatic carbocycles. The lowest BCUT2D eigenvalue weighted by atomic mass is 9.98. The summed E-state index contributed by atoms with van der Waals surface area (Å²) in [6.45, 7) is 15.0. The van der Waals surface area contributed by atoms with Crippen LogP contribution in [0.3, 0.4) is 0 Å². The number of rotatable bonds is 12. The molecular weight excluding hydrogens is 593 g/mol. The van der Waals surface area contributed by atoms with E-state index in [2.05, 4.69) is 77.9 Å². The van der Waals surface area contributed by atoms with Crippen LogP contribution in [-0.4, -0.2) is 13.2 Å². The van der Waals surface area contributed by atoms with Crippen molar-refractivity contribution in [1.29, 1.82) is 0 Å². The van der Waals surface area contributed by atoms with Crippen molar-refractivity contribution in [2.45, 2.75) is 92.9 Å². The van der Waals surface area contributed by atoms with Gasteiger partial charge in [0.05, 0.1) is 21.7 Å². The molecule has 2 heterocycles. The van der Waals surface area contributed by atoms with Gasteiger partial charge in [0.2, 0.25) is 0 Å². The Morgan fingerprint density at radius 2 is 0.857 bits per heavy atom. The molecule has 0 saturated heterocycles. The van der Waals surface area contributed by atoms with Gasteiger partial charge < -0.3 is 9.47 Å². The van der Waals surface area contributed by atoms with Crippen molar-refractivity contribution in [2.75, 3.05) is 13.2 Å². The van der Waals surface area contributed by atoms with E-state index in [0.29, 0.717) is 0 Å².